The number of nitrogens with one attached hydrogen (secondary N) is 1. The minimum atomic E-state index is -2.96. The van der Waals surface area contributed by atoms with Crippen molar-refractivity contribution in [1.29, 1.82) is 0 Å². The molecule has 0 aliphatic carbocycles. The molecule has 5 nitrogen and oxygen atoms in total. The molecule has 0 saturated carbocycles. The average Bonchev–Trinajstić information content (AvgIpc) is 2.63. The van der Waals surface area contributed by atoms with E-state index in [1.165, 1.54) is 31.4 Å². The molecule has 0 aromatic heterocycles. The van der Waals surface area contributed by atoms with Crippen LogP contribution in [0.3, 0.4) is 0 Å². The van der Waals surface area contributed by atoms with Crippen LogP contribution in [0.4, 0.5) is 13.2 Å². The first-order chi connectivity index (χ1) is 13.3. The maximum absolute atomic E-state index is 13.8. The van der Waals surface area contributed by atoms with Gasteiger partial charge < -0.3 is 14.8 Å². The van der Waals surface area contributed by atoms with Gasteiger partial charge in [-0.25, -0.2) is 4.39 Å². The molecular weight excluding hydrogens is 397 g/mol. The summed E-state index contributed by atoms with van der Waals surface area (Å²) < 4.78 is 47.9. The molecule has 0 saturated heterocycles. The van der Waals surface area contributed by atoms with E-state index in [2.05, 4.69) is 10.1 Å². The Labute approximate surface area is 166 Å². The summed E-state index contributed by atoms with van der Waals surface area (Å²) in [5.41, 5.74) is 0.963. The van der Waals surface area contributed by atoms with Gasteiger partial charge in [0.05, 0.1) is 13.7 Å². The van der Waals surface area contributed by atoms with Gasteiger partial charge in [0, 0.05) is 23.7 Å². The van der Waals surface area contributed by atoms with Gasteiger partial charge >= 0.3 is 6.61 Å². The molecule has 2 aromatic rings. The highest BCUT2D eigenvalue weighted by Crippen LogP contribution is 2.29. The Kier molecular flexibility index (Phi) is 7.95. The zero-order valence-electron chi connectivity index (χ0n) is 15.3. The fraction of sp³-hybridized carbons (Fsp3) is 0.316. The summed E-state index contributed by atoms with van der Waals surface area (Å²) in [5, 5.41) is 3.00. The minimum Gasteiger partial charge on any atom is -0.493 e. The molecule has 0 aliphatic heterocycles. The number of benzene rings is 2. The highest BCUT2D eigenvalue weighted by atomic mass is 35.5. The van der Waals surface area contributed by atoms with Crippen LogP contribution in [0.1, 0.15) is 11.1 Å². The number of halogens is 4. The second kappa shape index (κ2) is 10.2. The Morgan fingerprint density at radius 1 is 1.25 bits per heavy atom. The van der Waals surface area contributed by atoms with Gasteiger partial charge in [-0.15, -0.1) is 0 Å². The first kappa shape index (κ1) is 21.8. The standard InChI is InChI=1S/C19H20ClF3N2O3/c1-25(10-13-14(20)4-3-5-15(13)21)11-18(26)24-9-12-6-7-16(28-19(22)23)17(8-12)27-2/h3-8,19H,9-11H2,1-2H3,(H,24,26). The minimum absolute atomic E-state index is 0.0222. The highest BCUT2D eigenvalue weighted by Gasteiger charge is 2.14. The second-order valence-electron chi connectivity index (χ2n) is 6.01. The quantitative estimate of drug-likeness (QED) is 0.675. The molecular formula is C19H20ClF3N2O3. The number of hydrogen-bond acceptors (Lipinski definition) is 4. The van der Waals surface area contributed by atoms with Crippen LogP contribution in [-0.4, -0.2) is 38.1 Å². The predicted molar refractivity (Wildman–Crippen MR) is 99.2 cm³/mol. The molecule has 2 rings (SSSR count). The lowest BCUT2D eigenvalue weighted by atomic mass is 10.2. The van der Waals surface area contributed by atoms with Gasteiger partial charge in [0.15, 0.2) is 11.5 Å². The molecule has 1 amide bonds. The van der Waals surface area contributed by atoms with E-state index in [0.29, 0.717) is 16.1 Å². The van der Waals surface area contributed by atoms with Gasteiger partial charge in [0.1, 0.15) is 5.82 Å². The van der Waals surface area contributed by atoms with Crippen molar-refractivity contribution >= 4 is 17.5 Å². The number of likely N-dealkylation sites (N-methyl/N-ethyl adjacent to an activating group) is 1. The first-order valence-electron chi connectivity index (χ1n) is 8.30. The monoisotopic (exact) mass is 416 g/mol. The maximum atomic E-state index is 13.8. The normalized spacial score (nSPS) is 11.0. The zero-order valence-corrected chi connectivity index (χ0v) is 16.1. The smallest absolute Gasteiger partial charge is 0.387 e. The Morgan fingerprint density at radius 2 is 2.00 bits per heavy atom. The third-order valence-electron chi connectivity index (χ3n) is 3.84. The van der Waals surface area contributed by atoms with Gasteiger partial charge in [-0.1, -0.05) is 23.7 Å². The van der Waals surface area contributed by atoms with Crippen molar-refractivity contribution in [3.8, 4) is 11.5 Å². The number of alkyl halides is 2. The van der Waals surface area contributed by atoms with Gasteiger partial charge in [0.25, 0.3) is 0 Å². The van der Waals surface area contributed by atoms with E-state index in [1.807, 2.05) is 0 Å². The average molecular weight is 417 g/mol. The zero-order chi connectivity index (χ0) is 20.7. The second-order valence-corrected chi connectivity index (χ2v) is 6.42. The van der Waals surface area contributed by atoms with Crippen LogP contribution in [0.2, 0.25) is 5.02 Å². The molecule has 0 bridgehead atoms. The Balaban J connectivity index is 1.89. The summed E-state index contributed by atoms with van der Waals surface area (Å²) >= 11 is 5.99. The highest BCUT2D eigenvalue weighted by molar-refractivity contribution is 6.31. The Morgan fingerprint density at radius 3 is 2.64 bits per heavy atom. The number of carbonyl (C=O) groups is 1. The van der Waals surface area contributed by atoms with E-state index < -0.39 is 12.4 Å². The summed E-state index contributed by atoms with van der Waals surface area (Å²) in [6.45, 7) is -2.60. The fourth-order valence-electron chi connectivity index (χ4n) is 2.53. The number of hydrogen-bond donors (Lipinski definition) is 1. The lowest BCUT2D eigenvalue weighted by Gasteiger charge is -2.18. The SMILES string of the molecule is COc1cc(CNC(=O)CN(C)Cc2c(F)cccc2Cl)ccc1OC(F)F. The van der Waals surface area contributed by atoms with Gasteiger partial charge in [0.2, 0.25) is 5.91 Å². The molecule has 0 spiro atoms. The summed E-state index contributed by atoms with van der Waals surface area (Å²) in [4.78, 5) is 13.7. The summed E-state index contributed by atoms with van der Waals surface area (Å²) in [6.07, 6.45) is 0. The number of nitrogens with zero attached hydrogens (tertiary/aromatic N) is 1. The van der Waals surface area contributed by atoms with E-state index in [1.54, 1.807) is 24.1 Å². The Hall–Kier alpha value is -2.45. The summed E-state index contributed by atoms with van der Waals surface area (Å²) in [6, 6.07) is 8.80. The molecule has 0 fully saturated rings. The molecule has 28 heavy (non-hydrogen) atoms. The molecule has 9 heteroatoms. The molecule has 152 valence electrons. The summed E-state index contributed by atoms with van der Waals surface area (Å²) in [5.74, 6) is -0.674. The van der Waals surface area contributed by atoms with Crippen LogP contribution >= 0.6 is 11.6 Å². The van der Waals surface area contributed by atoms with E-state index in [9.17, 15) is 18.0 Å². The fourth-order valence-corrected chi connectivity index (χ4v) is 2.75. The van der Waals surface area contributed by atoms with E-state index in [-0.39, 0.29) is 37.0 Å². The number of carbonyl (C=O) groups excluding carboxylic acids is 1. The van der Waals surface area contributed by atoms with E-state index in [0.717, 1.165) is 0 Å². The van der Waals surface area contributed by atoms with Crippen LogP contribution in [0.15, 0.2) is 36.4 Å². The molecule has 0 heterocycles. The van der Waals surface area contributed by atoms with Crippen LogP contribution in [-0.2, 0) is 17.9 Å². The molecule has 0 radical (unpaired) electrons. The van der Waals surface area contributed by atoms with Crippen molar-refractivity contribution < 1.29 is 27.4 Å². The van der Waals surface area contributed by atoms with Crippen molar-refractivity contribution in [3.63, 3.8) is 0 Å². The third kappa shape index (κ3) is 6.31. The third-order valence-corrected chi connectivity index (χ3v) is 4.19. The van der Waals surface area contributed by atoms with Crippen LogP contribution in [0, 0.1) is 5.82 Å². The summed E-state index contributed by atoms with van der Waals surface area (Å²) in [7, 11) is 3.00. The molecule has 2 aromatic carbocycles. The van der Waals surface area contributed by atoms with Gasteiger partial charge in [-0.2, -0.15) is 8.78 Å². The maximum Gasteiger partial charge on any atom is 0.387 e. The van der Waals surface area contributed by atoms with Crippen LogP contribution in [0.25, 0.3) is 0 Å². The van der Waals surface area contributed by atoms with Crippen LogP contribution in [0.5, 0.6) is 11.5 Å². The van der Waals surface area contributed by atoms with Crippen LogP contribution < -0.4 is 14.8 Å². The number of rotatable bonds is 9. The van der Waals surface area contributed by atoms with E-state index >= 15 is 0 Å². The van der Waals surface area contributed by atoms with Crippen molar-refractivity contribution in [2.75, 3.05) is 20.7 Å². The lowest BCUT2D eigenvalue weighted by molar-refractivity contribution is -0.122. The predicted octanol–water partition coefficient (Wildman–Crippen LogP) is 3.84. The van der Waals surface area contributed by atoms with Crippen molar-refractivity contribution in [2.45, 2.75) is 19.7 Å². The molecule has 0 aliphatic rings. The lowest BCUT2D eigenvalue weighted by Crippen LogP contribution is -2.34. The van der Waals surface area contributed by atoms with Crippen molar-refractivity contribution in [2.24, 2.45) is 0 Å². The topological polar surface area (TPSA) is 50.8 Å². The molecule has 0 atom stereocenters. The molecule has 1 N–H and O–H groups in total. The number of ether oxygens (including phenoxy) is 2. The largest absolute Gasteiger partial charge is 0.493 e. The first-order valence-corrected chi connectivity index (χ1v) is 8.67. The van der Waals surface area contributed by atoms with Gasteiger partial charge in [-0.3, -0.25) is 9.69 Å². The molecule has 0 unspecified atom stereocenters. The number of methoxy groups -OCH3 is 1. The Bertz CT molecular complexity index is 801. The van der Waals surface area contributed by atoms with Crippen molar-refractivity contribution in [1.82, 2.24) is 10.2 Å². The van der Waals surface area contributed by atoms with Gasteiger partial charge in [-0.05, 0) is 36.9 Å². The number of amides is 1. The van der Waals surface area contributed by atoms with Crippen molar-refractivity contribution in [3.05, 3.63) is 58.4 Å². The van der Waals surface area contributed by atoms with E-state index in [4.69, 9.17) is 16.3 Å².